The predicted molar refractivity (Wildman–Crippen MR) is 65.9 cm³/mol. The largest absolute Gasteiger partial charge is 0.481 e. The Kier molecular flexibility index (Phi) is 8.80. The van der Waals surface area contributed by atoms with Gasteiger partial charge in [-0.3, -0.25) is 4.79 Å². The number of hydrogen-bond acceptors (Lipinski definition) is 3. The zero-order valence-corrected chi connectivity index (χ0v) is 10.6. The van der Waals surface area contributed by atoms with Crippen LogP contribution in [0.25, 0.3) is 0 Å². The van der Waals surface area contributed by atoms with Crippen LogP contribution >= 0.6 is 11.8 Å². The molecule has 0 radical (unpaired) electrons. The summed E-state index contributed by atoms with van der Waals surface area (Å²) in [6.07, 6.45) is 3.43. The second-order valence-electron chi connectivity index (χ2n) is 3.61. The molecule has 0 aromatic rings. The van der Waals surface area contributed by atoms with Crippen molar-refractivity contribution in [1.29, 1.82) is 0 Å². The van der Waals surface area contributed by atoms with E-state index in [9.17, 15) is 9.59 Å². The minimum Gasteiger partial charge on any atom is -0.481 e. The number of aliphatic carboxylic acids is 1. The van der Waals surface area contributed by atoms with Crippen LogP contribution in [0.2, 0.25) is 0 Å². The van der Waals surface area contributed by atoms with E-state index in [2.05, 4.69) is 10.6 Å². The van der Waals surface area contributed by atoms with E-state index in [1.165, 1.54) is 0 Å². The van der Waals surface area contributed by atoms with E-state index < -0.39 is 5.97 Å². The molecule has 0 heterocycles. The quantitative estimate of drug-likeness (QED) is 0.566. The number of carboxylic acid groups (broad SMARTS) is 1. The molecule has 0 aromatic heterocycles. The van der Waals surface area contributed by atoms with Gasteiger partial charge in [-0.15, -0.1) is 0 Å². The van der Waals surface area contributed by atoms with E-state index >= 15 is 0 Å². The van der Waals surface area contributed by atoms with Crippen molar-refractivity contribution in [2.75, 3.05) is 18.6 Å². The lowest BCUT2D eigenvalue weighted by molar-refractivity contribution is -0.137. The lowest BCUT2D eigenvalue weighted by Crippen LogP contribution is -2.42. The van der Waals surface area contributed by atoms with Gasteiger partial charge in [-0.25, -0.2) is 4.79 Å². The van der Waals surface area contributed by atoms with Gasteiger partial charge in [0.1, 0.15) is 0 Å². The summed E-state index contributed by atoms with van der Waals surface area (Å²) in [4.78, 5) is 21.5. The first-order chi connectivity index (χ1) is 7.56. The minimum absolute atomic E-state index is 0.147. The summed E-state index contributed by atoms with van der Waals surface area (Å²) in [7, 11) is 0. The molecule has 0 spiro atoms. The highest BCUT2D eigenvalue weighted by Gasteiger charge is 2.05. The molecular formula is C10H20N2O3S. The normalized spacial score (nSPS) is 11.9. The summed E-state index contributed by atoms with van der Waals surface area (Å²) in [5, 5.41) is 13.9. The van der Waals surface area contributed by atoms with Gasteiger partial charge < -0.3 is 15.7 Å². The maximum Gasteiger partial charge on any atom is 0.315 e. The van der Waals surface area contributed by atoms with Crippen LogP contribution in [-0.4, -0.2) is 41.7 Å². The second-order valence-corrected chi connectivity index (χ2v) is 4.52. The van der Waals surface area contributed by atoms with E-state index in [1.54, 1.807) is 11.8 Å². The SMILES string of the molecule is CSCC(C)NC(=O)NCCCCC(=O)O. The molecule has 0 bridgehead atoms. The molecule has 0 aliphatic heterocycles. The van der Waals surface area contributed by atoms with Crippen molar-refractivity contribution in [3.05, 3.63) is 0 Å². The van der Waals surface area contributed by atoms with Crippen molar-refractivity contribution in [3.63, 3.8) is 0 Å². The maximum absolute atomic E-state index is 11.3. The van der Waals surface area contributed by atoms with Gasteiger partial charge in [0, 0.05) is 24.8 Å². The Labute approximate surface area is 100 Å². The molecule has 16 heavy (non-hydrogen) atoms. The van der Waals surface area contributed by atoms with Gasteiger partial charge >= 0.3 is 12.0 Å². The first kappa shape index (κ1) is 15.1. The number of rotatable bonds is 8. The van der Waals surface area contributed by atoms with Gasteiger partial charge in [0.2, 0.25) is 0 Å². The van der Waals surface area contributed by atoms with Gasteiger partial charge in [0.15, 0.2) is 0 Å². The van der Waals surface area contributed by atoms with Crippen molar-refractivity contribution in [2.45, 2.75) is 32.2 Å². The second kappa shape index (κ2) is 9.33. The summed E-state index contributed by atoms with van der Waals surface area (Å²) in [6, 6.07) is -0.0362. The lowest BCUT2D eigenvalue weighted by Gasteiger charge is -2.13. The Bertz CT molecular complexity index is 224. The zero-order chi connectivity index (χ0) is 12.4. The summed E-state index contributed by atoms with van der Waals surface area (Å²) >= 11 is 1.68. The van der Waals surface area contributed by atoms with Crippen molar-refractivity contribution in [2.24, 2.45) is 0 Å². The summed E-state index contributed by atoms with van der Waals surface area (Å²) in [5.41, 5.74) is 0. The molecule has 0 rings (SSSR count). The van der Waals surface area contributed by atoms with Crippen LogP contribution in [0.3, 0.4) is 0 Å². The Morgan fingerprint density at radius 2 is 2.06 bits per heavy atom. The van der Waals surface area contributed by atoms with Gasteiger partial charge in [-0.2, -0.15) is 11.8 Å². The molecule has 5 nitrogen and oxygen atoms in total. The Morgan fingerprint density at radius 3 is 2.62 bits per heavy atom. The molecule has 3 N–H and O–H groups in total. The fourth-order valence-electron chi connectivity index (χ4n) is 1.17. The van der Waals surface area contributed by atoms with E-state index in [0.717, 1.165) is 5.75 Å². The molecule has 0 saturated carbocycles. The van der Waals surface area contributed by atoms with Crippen LogP contribution in [0.4, 0.5) is 4.79 Å². The molecule has 1 unspecified atom stereocenters. The number of nitrogens with one attached hydrogen (secondary N) is 2. The summed E-state index contributed by atoms with van der Waals surface area (Å²) in [5.74, 6) is 0.0879. The number of unbranched alkanes of at least 4 members (excludes halogenated alkanes) is 1. The predicted octanol–water partition coefficient (Wildman–Crippen LogP) is 1.29. The van der Waals surface area contributed by atoms with Crippen LogP contribution in [0.1, 0.15) is 26.2 Å². The standard InChI is InChI=1S/C10H20N2O3S/c1-8(7-16-2)12-10(15)11-6-4-3-5-9(13)14/h8H,3-7H2,1-2H3,(H,13,14)(H2,11,12,15). The van der Waals surface area contributed by atoms with Gasteiger partial charge in [-0.05, 0) is 26.0 Å². The third-order valence-corrected chi connectivity index (χ3v) is 2.73. The van der Waals surface area contributed by atoms with Crippen LogP contribution in [-0.2, 0) is 4.79 Å². The van der Waals surface area contributed by atoms with Gasteiger partial charge in [0.05, 0.1) is 0 Å². The third kappa shape index (κ3) is 9.64. The third-order valence-electron chi connectivity index (χ3n) is 1.90. The van der Waals surface area contributed by atoms with Crippen molar-refractivity contribution >= 4 is 23.8 Å². The van der Waals surface area contributed by atoms with Gasteiger partial charge in [0.25, 0.3) is 0 Å². The molecule has 0 aliphatic carbocycles. The highest BCUT2D eigenvalue weighted by molar-refractivity contribution is 7.98. The smallest absolute Gasteiger partial charge is 0.315 e. The average molecular weight is 248 g/mol. The first-order valence-corrected chi connectivity index (χ1v) is 6.70. The molecule has 0 saturated heterocycles. The lowest BCUT2D eigenvalue weighted by atomic mass is 10.2. The van der Waals surface area contributed by atoms with Crippen molar-refractivity contribution in [3.8, 4) is 0 Å². The number of carbonyl (C=O) groups is 2. The highest BCUT2D eigenvalue weighted by Crippen LogP contribution is 1.96. The Hall–Kier alpha value is -0.910. The maximum atomic E-state index is 11.3. The highest BCUT2D eigenvalue weighted by atomic mass is 32.2. The first-order valence-electron chi connectivity index (χ1n) is 5.31. The van der Waals surface area contributed by atoms with Crippen LogP contribution < -0.4 is 10.6 Å². The van der Waals surface area contributed by atoms with Crippen molar-refractivity contribution < 1.29 is 14.7 Å². The summed E-state index contributed by atoms with van der Waals surface area (Å²) in [6.45, 7) is 2.46. The zero-order valence-electron chi connectivity index (χ0n) is 9.78. The fourth-order valence-corrected chi connectivity index (χ4v) is 1.75. The van der Waals surface area contributed by atoms with Crippen molar-refractivity contribution in [1.82, 2.24) is 10.6 Å². The van der Waals surface area contributed by atoms with Crippen LogP contribution in [0, 0.1) is 0 Å². The number of hydrogen-bond donors (Lipinski definition) is 3. The van der Waals surface area contributed by atoms with E-state index in [0.29, 0.717) is 19.4 Å². The Balaban J connectivity index is 3.40. The molecular weight excluding hydrogens is 228 g/mol. The molecule has 1 atom stereocenters. The van der Waals surface area contributed by atoms with E-state index in [1.807, 2.05) is 13.2 Å². The Morgan fingerprint density at radius 1 is 1.38 bits per heavy atom. The molecule has 2 amide bonds. The number of amides is 2. The fraction of sp³-hybridized carbons (Fsp3) is 0.800. The molecule has 6 heteroatoms. The number of carbonyl (C=O) groups excluding carboxylic acids is 1. The minimum atomic E-state index is -0.793. The van der Waals surface area contributed by atoms with Crippen LogP contribution in [0.5, 0.6) is 0 Å². The molecule has 0 fully saturated rings. The molecule has 0 aromatic carbocycles. The average Bonchev–Trinajstić information content (AvgIpc) is 2.16. The summed E-state index contributed by atoms with van der Waals surface area (Å²) < 4.78 is 0. The topological polar surface area (TPSA) is 78.4 Å². The monoisotopic (exact) mass is 248 g/mol. The van der Waals surface area contributed by atoms with Gasteiger partial charge in [-0.1, -0.05) is 0 Å². The van der Waals surface area contributed by atoms with Crippen LogP contribution in [0.15, 0.2) is 0 Å². The van der Waals surface area contributed by atoms with E-state index in [-0.39, 0.29) is 18.5 Å². The molecule has 0 aliphatic rings. The number of thioether (sulfide) groups is 1. The van der Waals surface area contributed by atoms with E-state index in [4.69, 9.17) is 5.11 Å². The molecule has 94 valence electrons. The number of carboxylic acids is 1. The number of urea groups is 1.